The fraction of sp³-hybridized carbons (Fsp3) is 0.472. The second-order valence-electron chi connectivity index (χ2n) is 16.7. The van der Waals surface area contributed by atoms with Crippen LogP contribution in [-0.2, 0) is 21.3 Å². The van der Waals surface area contributed by atoms with E-state index >= 15 is 4.39 Å². The number of nitrogens with one attached hydrogen (secondary N) is 2. The SMILES string of the molecule is CCCCC(O)[C@@H]1CCCNC1.COC1=C[C@](Oc2ccccc2I)(c2ccccc2Oc2ccccc2F)C(F)C=C1.COCCCCC(O)[C@@H]1CCCNC1.FC(F)(F)c1ccccc1. The van der Waals surface area contributed by atoms with Crippen LogP contribution < -0.4 is 20.1 Å². The van der Waals surface area contributed by atoms with Crippen LogP contribution in [0.15, 0.2) is 127 Å². The van der Waals surface area contributed by atoms with Crippen molar-refractivity contribution in [3.63, 3.8) is 0 Å². The van der Waals surface area contributed by atoms with Gasteiger partial charge in [-0.05, 0) is 141 Å². The predicted molar refractivity (Wildman–Crippen MR) is 263 cm³/mol. The molecule has 368 valence electrons. The average molecular weight is 1050 g/mol. The predicted octanol–water partition coefficient (Wildman–Crippen LogP) is 12.3. The highest BCUT2D eigenvalue weighted by atomic mass is 127. The summed E-state index contributed by atoms with van der Waals surface area (Å²) >= 11 is 2.14. The van der Waals surface area contributed by atoms with E-state index in [0.29, 0.717) is 28.9 Å². The van der Waals surface area contributed by atoms with Crippen LogP contribution in [0.4, 0.5) is 22.0 Å². The number of halogens is 6. The first-order valence-corrected chi connectivity index (χ1v) is 24.3. The fourth-order valence-corrected chi connectivity index (χ4v) is 8.41. The number of alkyl halides is 4. The van der Waals surface area contributed by atoms with Gasteiger partial charge in [-0.15, -0.1) is 0 Å². The molecule has 2 fully saturated rings. The molecule has 3 aliphatic rings. The molecule has 0 aromatic heterocycles. The van der Waals surface area contributed by atoms with Crippen LogP contribution in [0, 0.1) is 21.2 Å². The third-order valence-electron chi connectivity index (χ3n) is 11.7. The molecule has 2 aliphatic heterocycles. The minimum Gasteiger partial charge on any atom is -0.497 e. The number of rotatable bonds is 16. The molecule has 0 bridgehead atoms. The average Bonchev–Trinajstić information content (AvgIpc) is 3.35. The maximum absolute atomic E-state index is 15.7. The Hall–Kier alpha value is -4.06. The Balaban J connectivity index is 0.000000224. The van der Waals surface area contributed by atoms with E-state index in [1.807, 2.05) is 18.2 Å². The molecule has 0 spiro atoms. The molecule has 7 rings (SSSR count). The van der Waals surface area contributed by atoms with Crippen molar-refractivity contribution in [2.45, 2.75) is 101 Å². The third-order valence-corrected chi connectivity index (χ3v) is 12.6. The van der Waals surface area contributed by atoms with Crippen LogP contribution in [0.3, 0.4) is 0 Å². The van der Waals surface area contributed by atoms with E-state index in [4.69, 9.17) is 18.9 Å². The van der Waals surface area contributed by atoms with Crippen molar-refractivity contribution >= 4 is 22.6 Å². The molecule has 6 atom stereocenters. The molecular weight excluding hydrogens is 982 g/mol. The van der Waals surface area contributed by atoms with Gasteiger partial charge in [0.1, 0.15) is 17.3 Å². The smallest absolute Gasteiger partial charge is 0.416 e. The lowest BCUT2D eigenvalue weighted by atomic mass is 9.84. The quantitative estimate of drug-likeness (QED) is 0.0500. The Morgan fingerprint density at radius 2 is 1.31 bits per heavy atom. The summed E-state index contributed by atoms with van der Waals surface area (Å²) in [5.41, 5.74) is -1.78. The molecule has 0 amide bonds. The Labute approximate surface area is 407 Å². The highest BCUT2D eigenvalue weighted by molar-refractivity contribution is 14.1. The number of ether oxygens (including phenoxy) is 4. The van der Waals surface area contributed by atoms with Crippen molar-refractivity contribution in [1.29, 1.82) is 0 Å². The fourth-order valence-electron chi connectivity index (χ4n) is 7.92. The monoisotopic (exact) mass is 1050 g/mol. The largest absolute Gasteiger partial charge is 0.497 e. The van der Waals surface area contributed by atoms with Gasteiger partial charge in [0, 0.05) is 38.4 Å². The summed E-state index contributed by atoms with van der Waals surface area (Å²) in [4.78, 5) is 0. The van der Waals surface area contributed by atoms with E-state index in [2.05, 4.69) is 40.1 Å². The highest BCUT2D eigenvalue weighted by Gasteiger charge is 2.46. The van der Waals surface area contributed by atoms with Crippen LogP contribution in [0.25, 0.3) is 0 Å². The van der Waals surface area contributed by atoms with Gasteiger partial charge < -0.3 is 39.8 Å². The number of hydrogen-bond acceptors (Lipinski definition) is 8. The first kappa shape index (κ1) is 55.5. The zero-order valence-electron chi connectivity index (χ0n) is 38.8. The Morgan fingerprint density at radius 1 is 0.746 bits per heavy atom. The molecule has 2 heterocycles. The molecule has 67 heavy (non-hydrogen) atoms. The number of unbranched alkanes of at least 4 members (excludes halogenated alkanes) is 2. The van der Waals surface area contributed by atoms with Crippen LogP contribution in [0.1, 0.15) is 82.3 Å². The number of methoxy groups -OCH3 is 2. The van der Waals surface area contributed by atoms with Gasteiger partial charge in [0.05, 0.1) is 28.5 Å². The van der Waals surface area contributed by atoms with Crippen LogP contribution in [-0.4, -0.2) is 75.6 Å². The summed E-state index contributed by atoms with van der Waals surface area (Å²) in [6.45, 7) is 7.25. The molecule has 8 nitrogen and oxygen atoms in total. The van der Waals surface area contributed by atoms with Gasteiger partial charge in [0.25, 0.3) is 0 Å². The van der Waals surface area contributed by atoms with Gasteiger partial charge in [-0.25, -0.2) is 8.78 Å². The first-order valence-electron chi connectivity index (χ1n) is 23.3. The Morgan fingerprint density at radius 3 is 1.85 bits per heavy atom. The summed E-state index contributed by atoms with van der Waals surface area (Å²) < 4.78 is 88.7. The van der Waals surface area contributed by atoms with Crippen LogP contribution in [0.2, 0.25) is 0 Å². The summed E-state index contributed by atoms with van der Waals surface area (Å²) in [5, 5.41) is 26.3. The molecule has 0 radical (unpaired) electrons. The molecule has 4 aromatic rings. The molecule has 3 unspecified atom stereocenters. The molecule has 4 aromatic carbocycles. The zero-order chi connectivity index (χ0) is 48.5. The van der Waals surface area contributed by atoms with Gasteiger partial charge in [0.15, 0.2) is 23.3 Å². The maximum atomic E-state index is 15.7. The van der Waals surface area contributed by atoms with Crippen molar-refractivity contribution in [3.05, 3.63) is 148 Å². The first-order chi connectivity index (χ1) is 32.3. The zero-order valence-corrected chi connectivity index (χ0v) is 41.0. The van der Waals surface area contributed by atoms with E-state index in [0.717, 1.165) is 80.6 Å². The van der Waals surface area contributed by atoms with Gasteiger partial charge in [-0.3, -0.25) is 0 Å². The highest BCUT2D eigenvalue weighted by Crippen LogP contribution is 2.45. The number of para-hydroxylation sites is 3. The molecule has 0 saturated carbocycles. The van der Waals surface area contributed by atoms with E-state index in [1.54, 1.807) is 67.8 Å². The molecule has 1 aliphatic carbocycles. The topological polar surface area (TPSA) is 101 Å². The number of aliphatic hydroxyl groups is 2. The van der Waals surface area contributed by atoms with Gasteiger partial charge in [0.2, 0.25) is 0 Å². The lowest BCUT2D eigenvalue weighted by Crippen LogP contribution is -2.42. The second kappa shape index (κ2) is 29.7. The minimum atomic E-state index is -4.21. The van der Waals surface area contributed by atoms with Crippen LogP contribution in [0.5, 0.6) is 17.2 Å². The van der Waals surface area contributed by atoms with E-state index in [9.17, 15) is 27.8 Å². The number of aliphatic hydroxyl groups excluding tert-OH is 2. The number of benzene rings is 4. The third kappa shape index (κ3) is 18.4. The van der Waals surface area contributed by atoms with Gasteiger partial charge >= 0.3 is 6.18 Å². The van der Waals surface area contributed by atoms with Crippen LogP contribution >= 0.6 is 22.6 Å². The van der Waals surface area contributed by atoms with Crippen molar-refractivity contribution in [2.24, 2.45) is 11.8 Å². The molecule has 2 saturated heterocycles. The summed E-state index contributed by atoms with van der Waals surface area (Å²) in [6.07, 6.45) is 9.84. The minimum absolute atomic E-state index is 0.0390. The number of allylic oxidation sites excluding steroid dienone is 1. The van der Waals surface area contributed by atoms with Crippen molar-refractivity contribution < 1.29 is 51.1 Å². The second-order valence-corrected chi connectivity index (χ2v) is 17.9. The van der Waals surface area contributed by atoms with Crippen molar-refractivity contribution in [1.82, 2.24) is 10.6 Å². The summed E-state index contributed by atoms with van der Waals surface area (Å²) in [5.74, 6) is 1.75. The Bertz CT molecular complexity index is 2050. The lowest BCUT2D eigenvalue weighted by molar-refractivity contribution is -0.137. The van der Waals surface area contributed by atoms with Crippen molar-refractivity contribution in [2.75, 3.05) is 47.0 Å². The molecule has 14 heteroatoms. The summed E-state index contributed by atoms with van der Waals surface area (Å²) in [6, 6.07) is 26.6. The summed E-state index contributed by atoms with van der Waals surface area (Å²) in [7, 11) is 3.23. The molecule has 4 N–H and O–H groups in total. The molecular formula is C53H68F5IN2O6. The lowest BCUT2D eigenvalue weighted by Gasteiger charge is -2.37. The van der Waals surface area contributed by atoms with Gasteiger partial charge in [-0.1, -0.05) is 92.6 Å². The van der Waals surface area contributed by atoms with E-state index < -0.39 is 29.3 Å². The maximum Gasteiger partial charge on any atom is 0.416 e. The van der Waals surface area contributed by atoms with E-state index in [-0.39, 0.29) is 23.7 Å². The number of piperidine rings is 2. The normalized spacial score (nSPS) is 21.1. The Kier molecular flexibility index (Phi) is 24.7. The van der Waals surface area contributed by atoms with Gasteiger partial charge in [-0.2, -0.15) is 13.2 Å². The standard InChI is InChI=1S/C25H19F2IO3.C11H23NO2.C10H21NO.C7H5F3/c1-29-17-14-15-24(27)25(16-17,31-23-13-7-4-10-20(23)28)18-8-2-5-11-21(18)30-22-12-6-3-9-19(22)26;1-14-8-3-2-6-11(13)10-5-4-7-12-9-10;1-2-3-6-10(12)9-5-4-7-11-8-9;8-7(9,10)6-4-2-1-3-5-6/h2-16,24H,1H3;10-13H,2-9H2,1H3;9-12H,2-8H2,1H3;1-5H/t24?,25-;10-,11?;9-,10?;/m011./s1. The number of hydrogen-bond donors (Lipinski definition) is 4. The van der Waals surface area contributed by atoms with E-state index in [1.165, 1.54) is 69.6 Å². The van der Waals surface area contributed by atoms with Crippen molar-refractivity contribution in [3.8, 4) is 17.2 Å².